The Morgan fingerprint density at radius 3 is 2.55 bits per heavy atom. The number of hydrogen-bond donors (Lipinski definition) is 0. The summed E-state index contributed by atoms with van der Waals surface area (Å²) in [5, 5.41) is 0.959. The second-order valence-electron chi connectivity index (χ2n) is 7.64. The number of rotatable bonds is 3. The SMILES string of the molecule is CC1CCN(c2ccccc2C=C2SCCN(c3ccc(Cl)c(Cl)c3)C2=O)CC1. The van der Waals surface area contributed by atoms with Gasteiger partial charge in [-0.3, -0.25) is 4.79 Å². The second kappa shape index (κ2) is 9.03. The number of thioether (sulfide) groups is 1. The number of piperidine rings is 1. The minimum absolute atomic E-state index is 0.0155. The van der Waals surface area contributed by atoms with Crippen LogP contribution in [0.4, 0.5) is 11.4 Å². The Kier molecular flexibility index (Phi) is 6.43. The van der Waals surface area contributed by atoms with Gasteiger partial charge < -0.3 is 9.80 Å². The summed E-state index contributed by atoms with van der Waals surface area (Å²) in [4.78, 5) is 18.2. The van der Waals surface area contributed by atoms with E-state index in [0.717, 1.165) is 40.9 Å². The molecule has 0 aliphatic carbocycles. The predicted molar refractivity (Wildman–Crippen MR) is 126 cm³/mol. The van der Waals surface area contributed by atoms with Crippen molar-refractivity contribution in [3.63, 3.8) is 0 Å². The number of amides is 1. The van der Waals surface area contributed by atoms with E-state index >= 15 is 0 Å². The number of carbonyl (C=O) groups is 1. The summed E-state index contributed by atoms with van der Waals surface area (Å²) in [6.07, 6.45) is 4.47. The van der Waals surface area contributed by atoms with Crippen LogP contribution in [0.25, 0.3) is 6.08 Å². The number of nitrogens with zero attached hydrogens (tertiary/aromatic N) is 2. The lowest BCUT2D eigenvalue weighted by molar-refractivity contribution is -0.114. The largest absolute Gasteiger partial charge is 0.371 e. The van der Waals surface area contributed by atoms with E-state index in [1.807, 2.05) is 18.2 Å². The van der Waals surface area contributed by atoms with E-state index in [0.29, 0.717) is 16.6 Å². The molecule has 0 atom stereocenters. The van der Waals surface area contributed by atoms with Crippen LogP contribution in [-0.4, -0.2) is 31.3 Å². The second-order valence-corrected chi connectivity index (χ2v) is 9.59. The summed E-state index contributed by atoms with van der Waals surface area (Å²) < 4.78 is 0. The molecule has 2 heterocycles. The zero-order valence-electron chi connectivity index (χ0n) is 16.4. The Balaban J connectivity index is 1.61. The molecule has 0 unspecified atom stereocenters. The maximum atomic E-state index is 13.2. The van der Waals surface area contributed by atoms with Crippen molar-refractivity contribution in [2.24, 2.45) is 5.92 Å². The van der Waals surface area contributed by atoms with E-state index in [4.69, 9.17) is 23.2 Å². The van der Waals surface area contributed by atoms with Crippen LogP contribution in [0.2, 0.25) is 10.0 Å². The molecule has 2 aromatic carbocycles. The van der Waals surface area contributed by atoms with Gasteiger partial charge >= 0.3 is 0 Å². The third-order valence-corrected chi connectivity index (χ3v) is 7.32. The molecule has 0 N–H and O–H groups in total. The zero-order valence-corrected chi connectivity index (χ0v) is 18.7. The van der Waals surface area contributed by atoms with Gasteiger partial charge in [0.15, 0.2) is 0 Å². The van der Waals surface area contributed by atoms with Crippen LogP contribution >= 0.6 is 35.0 Å². The lowest BCUT2D eigenvalue weighted by Crippen LogP contribution is -2.37. The van der Waals surface area contributed by atoms with Gasteiger partial charge in [0.2, 0.25) is 0 Å². The highest BCUT2D eigenvalue weighted by Crippen LogP contribution is 2.35. The van der Waals surface area contributed by atoms with Crippen LogP contribution in [0.15, 0.2) is 47.4 Å². The van der Waals surface area contributed by atoms with Gasteiger partial charge in [-0.1, -0.05) is 48.3 Å². The minimum atomic E-state index is 0.0155. The van der Waals surface area contributed by atoms with Crippen molar-refractivity contribution in [1.82, 2.24) is 0 Å². The molecule has 0 spiro atoms. The molecular weight excluding hydrogens is 423 g/mol. The number of para-hydroxylation sites is 1. The van der Waals surface area contributed by atoms with Crippen molar-refractivity contribution in [1.29, 1.82) is 0 Å². The molecule has 3 nitrogen and oxygen atoms in total. The van der Waals surface area contributed by atoms with Gasteiger partial charge in [-0.15, -0.1) is 11.8 Å². The fourth-order valence-corrected chi connectivity index (χ4v) is 5.06. The van der Waals surface area contributed by atoms with Gasteiger partial charge in [-0.2, -0.15) is 0 Å². The Hall–Kier alpha value is -1.62. The van der Waals surface area contributed by atoms with Crippen molar-refractivity contribution in [3.8, 4) is 0 Å². The molecule has 4 rings (SSSR count). The first kappa shape index (κ1) is 20.6. The lowest BCUT2D eigenvalue weighted by atomic mass is 9.98. The summed E-state index contributed by atoms with van der Waals surface area (Å²) in [5.74, 6) is 1.65. The molecule has 0 bridgehead atoms. The van der Waals surface area contributed by atoms with Crippen LogP contribution in [0.5, 0.6) is 0 Å². The average Bonchev–Trinajstić information content (AvgIpc) is 2.73. The minimum Gasteiger partial charge on any atom is -0.371 e. The van der Waals surface area contributed by atoms with Gasteiger partial charge in [0, 0.05) is 36.8 Å². The van der Waals surface area contributed by atoms with E-state index in [1.165, 1.54) is 18.5 Å². The third-order valence-electron chi connectivity index (χ3n) is 5.59. The zero-order chi connectivity index (χ0) is 20.4. The molecule has 2 fully saturated rings. The Morgan fingerprint density at radius 2 is 1.79 bits per heavy atom. The van der Waals surface area contributed by atoms with Gasteiger partial charge in [-0.05, 0) is 54.7 Å². The fourth-order valence-electron chi connectivity index (χ4n) is 3.83. The highest BCUT2D eigenvalue weighted by molar-refractivity contribution is 8.04. The first-order valence-electron chi connectivity index (χ1n) is 9.98. The number of halogens is 2. The molecule has 0 saturated carbocycles. The van der Waals surface area contributed by atoms with E-state index < -0.39 is 0 Å². The van der Waals surface area contributed by atoms with Crippen LogP contribution in [-0.2, 0) is 4.79 Å². The van der Waals surface area contributed by atoms with Crippen molar-refractivity contribution >= 4 is 58.3 Å². The maximum absolute atomic E-state index is 13.2. The molecule has 6 heteroatoms. The molecular formula is C23H24Cl2N2OS. The summed E-state index contributed by atoms with van der Waals surface area (Å²) in [6.45, 7) is 5.11. The lowest BCUT2D eigenvalue weighted by Gasteiger charge is -2.33. The average molecular weight is 447 g/mol. The van der Waals surface area contributed by atoms with E-state index in [1.54, 1.807) is 28.8 Å². The molecule has 2 aromatic rings. The normalized spacial score (nSPS) is 19.8. The van der Waals surface area contributed by atoms with Crippen LogP contribution in [0, 0.1) is 5.92 Å². The Labute approximate surface area is 186 Å². The molecule has 2 aliphatic rings. The molecule has 152 valence electrons. The van der Waals surface area contributed by atoms with Gasteiger partial charge in [-0.25, -0.2) is 0 Å². The van der Waals surface area contributed by atoms with E-state index in [9.17, 15) is 4.79 Å². The van der Waals surface area contributed by atoms with Crippen LogP contribution < -0.4 is 9.80 Å². The van der Waals surface area contributed by atoms with Crippen molar-refractivity contribution in [3.05, 3.63) is 63.0 Å². The summed E-state index contributed by atoms with van der Waals surface area (Å²) in [7, 11) is 0. The van der Waals surface area contributed by atoms with Gasteiger partial charge in [0.25, 0.3) is 5.91 Å². The molecule has 29 heavy (non-hydrogen) atoms. The monoisotopic (exact) mass is 446 g/mol. The first-order chi connectivity index (χ1) is 14.0. The Morgan fingerprint density at radius 1 is 1.03 bits per heavy atom. The summed E-state index contributed by atoms with van der Waals surface area (Å²) >= 11 is 13.8. The number of hydrogen-bond acceptors (Lipinski definition) is 3. The molecule has 1 amide bonds. The molecule has 0 aromatic heterocycles. The van der Waals surface area contributed by atoms with Crippen molar-refractivity contribution in [2.45, 2.75) is 19.8 Å². The van der Waals surface area contributed by atoms with Crippen LogP contribution in [0.3, 0.4) is 0 Å². The first-order valence-corrected chi connectivity index (χ1v) is 11.7. The van der Waals surface area contributed by atoms with E-state index in [2.05, 4.69) is 30.0 Å². The Bertz CT molecular complexity index is 938. The molecule has 0 radical (unpaired) electrons. The van der Waals surface area contributed by atoms with Crippen LogP contribution in [0.1, 0.15) is 25.3 Å². The standard InChI is InChI=1S/C23H24Cl2N2OS/c1-16-8-10-26(11-9-16)21-5-3-2-4-17(21)14-22-23(28)27(12-13-29-22)18-6-7-19(24)20(25)15-18/h2-7,14-16H,8-13H2,1H3. The smallest absolute Gasteiger partial charge is 0.264 e. The number of benzene rings is 2. The third kappa shape index (κ3) is 4.60. The van der Waals surface area contributed by atoms with Gasteiger partial charge in [0.05, 0.1) is 15.0 Å². The number of carbonyl (C=O) groups excluding carboxylic acids is 1. The maximum Gasteiger partial charge on any atom is 0.264 e. The molecule has 2 aliphatic heterocycles. The highest BCUT2D eigenvalue weighted by Gasteiger charge is 2.26. The summed E-state index contributed by atoms with van der Waals surface area (Å²) in [5.41, 5.74) is 3.11. The fraction of sp³-hybridized carbons (Fsp3) is 0.348. The summed E-state index contributed by atoms with van der Waals surface area (Å²) in [6, 6.07) is 13.7. The van der Waals surface area contributed by atoms with Crippen molar-refractivity contribution in [2.75, 3.05) is 35.2 Å². The topological polar surface area (TPSA) is 23.6 Å². The highest BCUT2D eigenvalue weighted by atomic mass is 35.5. The quantitative estimate of drug-likeness (QED) is 0.512. The van der Waals surface area contributed by atoms with Gasteiger partial charge in [0.1, 0.15) is 0 Å². The van der Waals surface area contributed by atoms with E-state index in [-0.39, 0.29) is 5.91 Å². The predicted octanol–water partition coefficient (Wildman–Crippen LogP) is 6.35. The van der Waals surface area contributed by atoms with Crippen molar-refractivity contribution < 1.29 is 4.79 Å². The molecule has 2 saturated heterocycles. The number of anilines is 2.